The fourth-order valence-corrected chi connectivity index (χ4v) is 3.96. The van der Waals surface area contributed by atoms with Gasteiger partial charge < -0.3 is 14.2 Å². The fraction of sp³-hybridized carbons (Fsp3) is 0.435. The van der Waals surface area contributed by atoms with Crippen LogP contribution in [0.15, 0.2) is 24.3 Å². The first-order chi connectivity index (χ1) is 14.2. The molecule has 0 N–H and O–H groups in total. The van der Waals surface area contributed by atoms with Crippen LogP contribution in [-0.4, -0.2) is 40.8 Å². The Morgan fingerprint density at radius 1 is 1.17 bits per heavy atom. The Morgan fingerprint density at radius 3 is 2.33 bits per heavy atom. The predicted molar refractivity (Wildman–Crippen MR) is 110 cm³/mol. The van der Waals surface area contributed by atoms with Gasteiger partial charge in [-0.2, -0.15) is 0 Å². The van der Waals surface area contributed by atoms with Crippen LogP contribution in [0.1, 0.15) is 56.9 Å². The lowest BCUT2D eigenvalue weighted by Gasteiger charge is -2.31. The molecule has 0 aliphatic heterocycles. The van der Waals surface area contributed by atoms with Crippen molar-refractivity contribution in [2.24, 2.45) is 13.0 Å². The number of aromatic nitrogens is 1. The summed E-state index contributed by atoms with van der Waals surface area (Å²) < 4.78 is 19.7. The van der Waals surface area contributed by atoms with Crippen molar-refractivity contribution in [1.29, 1.82) is 0 Å². The van der Waals surface area contributed by atoms with Crippen molar-refractivity contribution in [2.75, 3.05) is 13.7 Å². The van der Waals surface area contributed by atoms with Gasteiger partial charge in [-0.25, -0.2) is 9.18 Å². The van der Waals surface area contributed by atoms with E-state index in [2.05, 4.69) is 0 Å². The van der Waals surface area contributed by atoms with Gasteiger partial charge >= 0.3 is 5.97 Å². The predicted octanol–water partition coefficient (Wildman–Crippen LogP) is 3.58. The summed E-state index contributed by atoms with van der Waals surface area (Å²) in [5.74, 6) is -1.21. The van der Waals surface area contributed by atoms with Crippen molar-refractivity contribution >= 4 is 17.7 Å². The maximum absolute atomic E-state index is 13.3. The monoisotopic (exact) mass is 414 g/mol. The summed E-state index contributed by atoms with van der Waals surface area (Å²) in [5.41, 5.74) is 2.71. The van der Waals surface area contributed by atoms with Crippen LogP contribution in [0.25, 0.3) is 0 Å². The number of hydrogen-bond donors (Lipinski definition) is 0. The Kier molecular flexibility index (Phi) is 6.39. The van der Waals surface area contributed by atoms with Crippen LogP contribution < -0.4 is 0 Å². The molecule has 30 heavy (non-hydrogen) atoms. The summed E-state index contributed by atoms with van der Waals surface area (Å²) >= 11 is 0. The second-order valence-electron chi connectivity index (χ2n) is 7.86. The third kappa shape index (κ3) is 4.15. The van der Waals surface area contributed by atoms with E-state index in [4.69, 9.17) is 4.74 Å². The standard InChI is InChI=1S/C23H27FN2O4/c1-14-20(15(2)25(3)21(14)23(29)30-4)19(27)13-26(22(28)17-6-5-7-17)12-16-8-10-18(24)11-9-16/h8-11,17H,5-7,12-13H2,1-4H3. The number of benzene rings is 1. The number of halogens is 1. The van der Waals surface area contributed by atoms with Gasteiger partial charge in [-0.15, -0.1) is 0 Å². The number of rotatable bonds is 7. The van der Waals surface area contributed by atoms with Gasteiger partial charge in [0.15, 0.2) is 5.78 Å². The van der Waals surface area contributed by atoms with Crippen molar-refractivity contribution in [2.45, 2.75) is 39.7 Å². The molecule has 1 saturated carbocycles. The molecular formula is C23H27FN2O4. The van der Waals surface area contributed by atoms with E-state index in [-0.39, 0.29) is 36.5 Å². The smallest absolute Gasteiger partial charge is 0.354 e. The number of Topliss-reactive ketones (excluding diaryl/α,β-unsaturated/α-hetero) is 1. The number of methoxy groups -OCH3 is 1. The van der Waals surface area contributed by atoms with Gasteiger partial charge in [0, 0.05) is 30.8 Å². The van der Waals surface area contributed by atoms with Crippen LogP contribution in [-0.2, 0) is 23.1 Å². The number of hydrogen-bond acceptors (Lipinski definition) is 4. The minimum Gasteiger partial charge on any atom is -0.464 e. The maximum Gasteiger partial charge on any atom is 0.354 e. The van der Waals surface area contributed by atoms with Crippen LogP contribution in [0, 0.1) is 25.6 Å². The highest BCUT2D eigenvalue weighted by Gasteiger charge is 2.32. The van der Waals surface area contributed by atoms with Crippen molar-refractivity contribution in [1.82, 2.24) is 9.47 Å². The quantitative estimate of drug-likeness (QED) is 0.513. The van der Waals surface area contributed by atoms with E-state index in [0.29, 0.717) is 22.5 Å². The number of ketones is 1. The van der Waals surface area contributed by atoms with E-state index in [1.165, 1.54) is 19.2 Å². The van der Waals surface area contributed by atoms with Crippen LogP contribution in [0.5, 0.6) is 0 Å². The topological polar surface area (TPSA) is 68.6 Å². The molecule has 0 atom stereocenters. The highest BCUT2D eigenvalue weighted by molar-refractivity contribution is 6.04. The normalized spacial score (nSPS) is 13.6. The molecule has 1 aliphatic carbocycles. The Balaban J connectivity index is 1.88. The average molecular weight is 414 g/mol. The third-order valence-corrected chi connectivity index (χ3v) is 5.98. The van der Waals surface area contributed by atoms with E-state index in [1.807, 2.05) is 0 Å². The van der Waals surface area contributed by atoms with E-state index in [1.54, 1.807) is 42.5 Å². The molecule has 3 rings (SSSR count). The molecule has 7 heteroatoms. The van der Waals surface area contributed by atoms with Gasteiger partial charge in [0.05, 0.1) is 13.7 Å². The first-order valence-corrected chi connectivity index (χ1v) is 10.0. The van der Waals surface area contributed by atoms with E-state index in [9.17, 15) is 18.8 Å². The van der Waals surface area contributed by atoms with Gasteiger partial charge in [-0.3, -0.25) is 9.59 Å². The number of carbonyl (C=O) groups excluding carboxylic acids is 3. The molecule has 0 bridgehead atoms. The number of carbonyl (C=O) groups is 3. The average Bonchev–Trinajstić information content (AvgIpc) is 2.89. The molecule has 2 aromatic rings. The largest absolute Gasteiger partial charge is 0.464 e. The van der Waals surface area contributed by atoms with E-state index < -0.39 is 5.97 Å². The van der Waals surface area contributed by atoms with Crippen LogP contribution in [0.3, 0.4) is 0 Å². The number of amides is 1. The highest BCUT2D eigenvalue weighted by Crippen LogP contribution is 2.29. The number of esters is 1. The Morgan fingerprint density at radius 2 is 1.80 bits per heavy atom. The zero-order chi connectivity index (χ0) is 22.0. The summed E-state index contributed by atoms with van der Waals surface area (Å²) in [5, 5.41) is 0. The minimum absolute atomic E-state index is 0.0571. The van der Waals surface area contributed by atoms with Crippen LogP contribution >= 0.6 is 0 Å². The molecule has 160 valence electrons. The fourth-order valence-electron chi connectivity index (χ4n) is 3.96. The Labute approximate surface area is 175 Å². The second-order valence-corrected chi connectivity index (χ2v) is 7.86. The van der Waals surface area contributed by atoms with Gasteiger partial charge in [0.1, 0.15) is 11.5 Å². The minimum atomic E-state index is -0.508. The molecule has 0 unspecified atom stereocenters. The number of nitrogens with zero attached hydrogens (tertiary/aromatic N) is 2. The highest BCUT2D eigenvalue weighted by atomic mass is 19.1. The van der Waals surface area contributed by atoms with Gasteiger partial charge in [0.2, 0.25) is 5.91 Å². The van der Waals surface area contributed by atoms with E-state index in [0.717, 1.165) is 24.8 Å². The lowest BCUT2D eigenvalue weighted by atomic mass is 9.84. The van der Waals surface area contributed by atoms with Gasteiger partial charge in [0.25, 0.3) is 0 Å². The summed E-state index contributed by atoms with van der Waals surface area (Å²) in [6.45, 7) is 3.62. The first kappa shape index (κ1) is 21.7. The number of ether oxygens (including phenoxy) is 1. The Bertz CT molecular complexity index is 974. The molecule has 0 radical (unpaired) electrons. The maximum atomic E-state index is 13.3. The lowest BCUT2D eigenvalue weighted by molar-refractivity contribution is -0.138. The lowest BCUT2D eigenvalue weighted by Crippen LogP contribution is -2.41. The molecule has 0 spiro atoms. The Hall–Kier alpha value is -2.96. The zero-order valence-electron chi connectivity index (χ0n) is 17.8. The summed E-state index contributed by atoms with van der Waals surface area (Å²) in [6, 6.07) is 5.93. The van der Waals surface area contributed by atoms with Crippen molar-refractivity contribution in [3.63, 3.8) is 0 Å². The van der Waals surface area contributed by atoms with Crippen LogP contribution in [0.4, 0.5) is 4.39 Å². The molecule has 1 aromatic carbocycles. The van der Waals surface area contributed by atoms with Crippen LogP contribution in [0.2, 0.25) is 0 Å². The zero-order valence-corrected chi connectivity index (χ0v) is 17.8. The van der Waals surface area contributed by atoms with Crippen molar-refractivity contribution in [3.05, 3.63) is 58.2 Å². The molecular weight excluding hydrogens is 387 g/mol. The van der Waals surface area contributed by atoms with Gasteiger partial charge in [-0.05, 0) is 49.9 Å². The van der Waals surface area contributed by atoms with Crippen molar-refractivity contribution in [3.8, 4) is 0 Å². The first-order valence-electron chi connectivity index (χ1n) is 10.0. The summed E-state index contributed by atoms with van der Waals surface area (Å²) in [7, 11) is 3.01. The molecule has 1 fully saturated rings. The second kappa shape index (κ2) is 8.81. The molecule has 1 amide bonds. The van der Waals surface area contributed by atoms with E-state index >= 15 is 0 Å². The molecule has 1 aromatic heterocycles. The molecule has 1 heterocycles. The summed E-state index contributed by atoms with van der Waals surface area (Å²) in [4.78, 5) is 39.9. The summed E-state index contributed by atoms with van der Waals surface area (Å²) in [6.07, 6.45) is 2.65. The molecule has 6 nitrogen and oxygen atoms in total. The third-order valence-electron chi connectivity index (χ3n) is 5.98. The van der Waals surface area contributed by atoms with Crippen molar-refractivity contribution < 1.29 is 23.5 Å². The molecule has 0 saturated heterocycles. The van der Waals surface area contributed by atoms with Gasteiger partial charge in [-0.1, -0.05) is 18.6 Å². The molecule has 1 aliphatic rings. The SMILES string of the molecule is COC(=O)c1c(C)c(C(=O)CN(Cc2ccc(F)cc2)C(=O)C2CCC2)c(C)n1C.